The van der Waals surface area contributed by atoms with Gasteiger partial charge in [0.1, 0.15) is 11.4 Å². The van der Waals surface area contributed by atoms with Gasteiger partial charge in [0.2, 0.25) is 11.8 Å². The first-order valence-electron chi connectivity index (χ1n) is 10.8. The van der Waals surface area contributed by atoms with Gasteiger partial charge in [0.15, 0.2) is 0 Å². The standard InChI is InChI=1S/C25H22FN3O3/c26-16-4-3-5-17(12-16)28-23(30)21-20-8-10-25(32-20)14-29(24(31)22(21)25)11-9-15-13-27-19-7-2-1-6-18(15)19/h1-8,10,12-13,20-22,27H,9,11,14H2,(H,28,30)/t20-,21?,22+,25+/m0/s1. The minimum Gasteiger partial charge on any atom is -0.361 e. The lowest BCUT2D eigenvalue weighted by molar-refractivity contribution is -0.135. The number of ether oxygens (including phenoxy) is 1. The van der Waals surface area contributed by atoms with E-state index in [2.05, 4.69) is 16.4 Å². The molecule has 3 aliphatic rings. The minimum atomic E-state index is -0.758. The summed E-state index contributed by atoms with van der Waals surface area (Å²) in [4.78, 5) is 31.5. The summed E-state index contributed by atoms with van der Waals surface area (Å²) in [5, 5.41) is 3.92. The van der Waals surface area contributed by atoms with Gasteiger partial charge in [0.25, 0.3) is 0 Å². The van der Waals surface area contributed by atoms with Crippen LogP contribution in [-0.4, -0.2) is 46.5 Å². The molecule has 32 heavy (non-hydrogen) atoms. The number of halogens is 1. The number of likely N-dealkylation sites (tertiary alicyclic amines) is 1. The highest BCUT2D eigenvalue weighted by atomic mass is 19.1. The summed E-state index contributed by atoms with van der Waals surface area (Å²) in [5.74, 6) is -1.99. The van der Waals surface area contributed by atoms with E-state index in [-0.39, 0.29) is 11.8 Å². The molecule has 1 spiro atoms. The number of nitrogens with zero attached hydrogens (tertiary/aromatic N) is 1. The normalized spacial score (nSPS) is 28.0. The van der Waals surface area contributed by atoms with Crippen LogP contribution in [0.15, 0.2) is 66.9 Å². The topological polar surface area (TPSA) is 74.4 Å². The summed E-state index contributed by atoms with van der Waals surface area (Å²) in [5.41, 5.74) is 1.84. The second-order valence-electron chi connectivity index (χ2n) is 8.77. The van der Waals surface area contributed by atoms with Gasteiger partial charge in [-0.1, -0.05) is 36.4 Å². The summed E-state index contributed by atoms with van der Waals surface area (Å²) >= 11 is 0. The number of rotatable bonds is 5. The quantitative estimate of drug-likeness (QED) is 0.609. The number of aromatic amines is 1. The van der Waals surface area contributed by atoms with Crippen molar-refractivity contribution in [2.45, 2.75) is 18.1 Å². The van der Waals surface area contributed by atoms with Gasteiger partial charge in [0.05, 0.1) is 24.5 Å². The minimum absolute atomic E-state index is 0.0592. The van der Waals surface area contributed by atoms with E-state index in [1.54, 1.807) is 11.0 Å². The monoisotopic (exact) mass is 431 g/mol. The number of hydrogen-bond donors (Lipinski definition) is 2. The van der Waals surface area contributed by atoms with Gasteiger partial charge in [-0.25, -0.2) is 4.39 Å². The van der Waals surface area contributed by atoms with Crippen LogP contribution in [0.2, 0.25) is 0 Å². The second-order valence-corrected chi connectivity index (χ2v) is 8.77. The first-order chi connectivity index (χ1) is 15.5. The molecule has 1 unspecified atom stereocenters. The van der Waals surface area contributed by atoms with Crippen molar-refractivity contribution in [1.29, 1.82) is 0 Å². The molecule has 2 saturated heterocycles. The molecule has 0 saturated carbocycles. The van der Waals surface area contributed by atoms with Crippen molar-refractivity contribution in [3.63, 3.8) is 0 Å². The lowest BCUT2D eigenvalue weighted by Gasteiger charge is -2.23. The zero-order valence-corrected chi connectivity index (χ0v) is 17.3. The Balaban J connectivity index is 1.20. The molecular weight excluding hydrogens is 409 g/mol. The van der Waals surface area contributed by atoms with Gasteiger partial charge < -0.3 is 19.9 Å². The molecule has 4 atom stereocenters. The summed E-state index contributed by atoms with van der Waals surface area (Å²) in [6.45, 7) is 0.995. The molecule has 2 fully saturated rings. The Bertz CT molecular complexity index is 1270. The predicted octanol–water partition coefficient (Wildman–Crippen LogP) is 3.27. The van der Waals surface area contributed by atoms with Crippen LogP contribution >= 0.6 is 0 Å². The zero-order valence-electron chi connectivity index (χ0n) is 17.3. The number of fused-ring (bicyclic) bond motifs is 2. The van der Waals surface area contributed by atoms with E-state index >= 15 is 0 Å². The average molecular weight is 431 g/mol. The van der Waals surface area contributed by atoms with Gasteiger partial charge >= 0.3 is 0 Å². The second kappa shape index (κ2) is 7.03. The fourth-order valence-corrected chi connectivity index (χ4v) is 5.45. The predicted molar refractivity (Wildman–Crippen MR) is 117 cm³/mol. The number of aromatic nitrogens is 1. The average Bonchev–Trinajstić information content (AvgIpc) is 3.52. The number of para-hydroxylation sites is 1. The summed E-state index contributed by atoms with van der Waals surface area (Å²) in [6, 6.07) is 13.8. The molecule has 3 aromatic rings. The maximum absolute atomic E-state index is 13.5. The molecule has 162 valence electrons. The van der Waals surface area contributed by atoms with E-state index in [9.17, 15) is 14.0 Å². The highest BCUT2D eigenvalue weighted by Gasteiger charge is 2.66. The molecule has 2 amide bonds. The van der Waals surface area contributed by atoms with E-state index in [0.29, 0.717) is 25.2 Å². The number of H-pyrrole nitrogens is 1. The largest absolute Gasteiger partial charge is 0.361 e. The number of benzene rings is 2. The molecule has 1 aromatic heterocycles. The lowest BCUT2D eigenvalue weighted by Crippen LogP contribution is -2.41. The number of carbonyl (C=O) groups is 2. The molecule has 2 aromatic carbocycles. The van der Waals surface area contributed by atoms with Gasteiger partial charge in [-0.3, -0.25) is 9.59 Å². The van der Waals surface area contributed by atoms with Crippen LogP contribution in [0, 0.1) is 17.7 Å². The molecule has 7 heteroatoms. The molecule has 0 radical (unpaired) electrons. The summed E-state index contributed by atoms with van der Waals surface area (Å²) in [6.07, 6.45) is 6.09. The third-order valence-electron chi connectivity index (χ3n) is 6.90. The van der Waals surface area contributed by atoms with E-state index in [4.69, 9.17) is 4.74 Å². The van der Waals surface area contributed by atoms with Gasteiger partial charge in [-0.2, -0.15) is 0 Å². The number of anilines is 1. The van der Waals surface area contributed by atoms with Crippen LogP contribution in [0.1, 0.15) is 5.56 Å². The van der Waals surface area contributed by atoms with Crippen molar-refractivity contribution in [2.75, 3.05) is 18.4 Å². The Hall–Kier alpha value is -3.45. The van der Waals surface area contributed by atoms with Crippen LogP contribution < -0.4 is 5.32 Å². The zero-order chi connectivity index (χ0) is 21.9. The molecule has 6 rings (SSSR count). The molecular formula is C25H22FN3O3. The van der Waals surface area contributed by atoms with E-state index in [1.807, 2.05) is 36.5 Å². The first kappa shape index (κ1) is 19.3. The summed E-state index contributed by atoms with van der Waals surface area (Å²) < 4.78 is 19.7. The van der Waals surface area contributed by atoms with Crippen molar-refractivity contribution >= 4 is 28.4 Å². The molecule has 0 aliphatic carbocycles. The summed E-state index contributed by atoms with van der Waals surface area (Å²) in [7, 11) is 0. The first-order valence-corrected chi connectivity index (χ1v) is 10.8. The van der Waals surface area contributed by atoms with Crippen LogP contribution in [0.25, 0.3) is 10.9 Å². The lowest BCUT2D eigenvalue weighted by atomic mass is 9.77. The van der Waals surface area contributed by atoms with Crippen molar-refractivity contribution in [3.8, 4) is 0 Å². The SMILES string of the molecule is O=C(Nc1cccc(F)c1)C1[C@@H]2C=C[C@]3(CN(CCc4c[nH]c5ccccc45)C(=O)[C@@H]13)O2. The highest BCUT2D eigenvalue weighted by molar-refractivity contribution is 5.99. The molecule has 2 bridgehead atoms. The van der Waals surface area contributed by atoms with Crippen LogP contribution in [0.3, 0.4) is 0 Å². The Kier molecular flexibility index (Phi) is 4.23. The molecule has 6 nitrogen and oxygen atoms in total. The van der Waals surface area contributed by atoms with Crippen molar-refractivity contribution in [1.82, 2.24) is 9.88 Å². The van der Waals surface area contributed by atoms with Gasteiger partial charge in [0, 0.05) is 29.3 Å². The number of nitrogens with one attached hydrogen (secondary N) is 2. The Labute approximate surface area is 184 Å². The fraction of sp³-hybridized carbons (Fsp3) is 0.280. The van der Waals surface area contributed by atoms with Gasteiger partial charge in [-0.15, -0.1) is 0 Å². The Morgan fingerprint density at radius 1 is 1.25 bits per heavy atom. The van der Waals surface area contributed by atoms with E-state index < -0.39 is 29.4 Å². The maximum Gasteiger partial charge on any atom is 0.231 e. The molecule has 4 heterocycles. The number of amides is 2. The van der Waals surface area contributed by atoms with Crippen LogP contribution in [0.5, 0.6) is 0 Å². The van der Waals surface area contributed by atoms with Crippen molar-refractivity contribution < 1.29 is 18.7 Å². The van der Waals surface area contributed by atoms with Crippen molar-refractivity contribution in [2.24, 2.45) is 11.8 Å². The van der Waals surface area contributed by atoms with E-state index in [1.165, 1.54) is 18.2 Å². The number of hydrogen-bond acceptors (Lipinski definition) is 3. The molecule has 3 aliphatic heterocycles. The van der Waals surface area contributed by atoms with Crippen molar-refractivity contribution in [3.05, 3.63) is 78.3 Å². The van der Waals surface area contributed by atoms with Crippen LogP contribution in [-0.2, 0) is 20.7 Å². The highest BCUT2D eigenvalue weighted by Crippen LogP contribution is 2.52. The fourth-order valence-electron chi connectivity index (χ4n) is 5.45. The van der Waals surface area contributed by atoms with Crippen LogP contribution in [0.4, 0.5) is 10.1 Å². The van der Waals surface area contributed by atoms with E-state index in [0.717, 1.165) is 16.5 Å². The maximum atomic E-state index is 13.5. The Morgan fingerprint density at radius 3 is 3.00 bits per heavy atom. The Morgan fingerprint density at radius 2 is 2.12 bits per heavy atom. The third-order valence-corrected chi connectivity index (χ3v) is 6.90. The van der Waals surface area contributed by atoms with Gasteiger partial charge in [-0.05, 0) is 36.2 Å². The smallest absolute Gasteiger partial charge is 0.231 e. The third kappa shape index (κ3) is 2.88. The number of carbonyl (C=O) groups excluding carboxylic acids is 2. The molecule has 2 N–H and O–H groups in total.